The summed E-state index contributed by atoms with van der Waals surface area (Å²) in [5.74, 6) is -1.52. The van der Waals surface area contributed by atoms with E-state index >= 15 is 0 Å². The Morgan fingerprint density at radius 3 is 1.90 bits per heavy atom. The molecule has 0 saturated heterocycles. The number of aliphatic carboxylic acids is 1. The number of rotatable bonds is 3. The van der Waals surface area contributed by atoms with E-state index in [1.54, 1.807) is 0 Å². The number of carboxylic acids is 1. The van der Waals surface area contributed by atoms with Crippen LogP contribution in [0.3, 0.4) is 0 Å². The van der Waals surface area contributed by atoms with Gasteiger partial charge in [-0.25, -0.2) is 8.78 Å². The standard InChI is InChI=1S/C6H8F2O2/c1-4(6(9)10)5(2-7)3-8/h2-3H2,1H3,(H,9,10)/p-1. The Bertz CT molecular complexity index is 157. The van der Waals surface area contributed by atoms with Crippen molar-refractivity contribution in [3.8, 4) is 0 Å². The highest BCUT2D eigenvalue weighted by Crippen LogP contribution is 2.04. The van der Waals surface area contributed by atoms with Crippen LogP contribution in [0.1, 0.15) is 6.92 Å². The van der Waals surface area contributed by atoms with Crippen molar-refractivity contribution in [3.05, 3.63) is 11.1 Å². The van der Waals surface area contributed by atoms with Gasteiger partial charge in [0.05, 0.1) is 5.97 Å². The average Bonchev–Trinajstić information content (AvgIpc) is 1.90. The lowest BCUT2D eigenvalue weighted by Gasteiger charge is -2.05. The molecule has 0 aliphatic carbocycles. The third-order valence-corrected chi connectivity index (χ3v) is 1.16. The summed E-state index contributed by atoms with van der Waals surface area (Å²) in [6.45, 7) is -1.03. The third kappa shape index (κ3) is 2.13. The van der Waals surface area contributed by atoms with Gasteiger partial charge >= 0.3 is 0 Å². The summed E-state index contributed by atoms with van der Waals surface area (Å²) in [6.07, 6.45) is 0. The van der Waals surface area contributed by atoms with Crippen LogP contribution in [0, 0.1) is 0 Å². The molecular formula is C6H7F2O2-. The van der Waals surface area contributed by atoms with Gasteiger partial charge in [-0.1, -0.05) is 0 Å². The summed E-state index contributed by atoms with van der Waals surface area (Å²) < 4.78 is 23.4. The number of alkyl halides is 2. The molecule has 0 fully saturated rings. The first-order valence-corrected chi connectivity index (χ1v) is 2.65. The first-order valence-electron chi connectivity index (χ1n) is 2.65. The van der Waals surface area contributed by atoms with Crippen LogP contribution in [0.25, 0.3) is 0 Å². The van der Waals surface area contributed by atoms with Crippen LogP contribution in [0.15, 0.2) is 11.1 Å². The fourth-order valence-electron chi connectivity index (χ4n) is 0.380. The smallest absolute Gasteiger partial charge is 0.114 e. The minimum absolute atomic E-state index is 0.356. The second kappa shape index (κ2) is 3.98. The summed E-state index contributed by atoms with van der Waals surface area (Å²) in [5.41, 5.74) is -0.718. The molecule has 0 N–H and O–H groups in total. The Kier molecular flexibility index (Phi) is 3.61. The predicted molar refractivity (Wildman–Crippen MR) is 29.7 cm³/mol. The second-order valence-corrected chi connectivity index (χ2v) is 1.78. The monoisotopic (exact) mass is 149 g/mol. The first-order chi connectivity index (χ1) is 4.63. The molecule has 0 saturated carbocycles. The first kappa shape index (κ1) is 9.07. The van der Waals surface area contributed by atoms with Crippen LogP contribution in [0.5, 0.6) is 0 Å². The van der Waals surface area contributed by atoms with Crippen molar-refractivity contribution in [2.45, 2.75) is 6.92 Å². The van der Waals surface area contributed by atoms with E-state index in [0.29, 0.717) is 0 Å². The molecule has 0 aliphatic heterocycles. The summed E-state index contributed by atoms with van der Waals surface area (Å²) in [5, 5.41) is 9.96. The fourth-order valence-corrected chi connectivity index (χ4v) is 0.380. The van der Waals surface area contributed by atoms with E-state index in [4.69, 9.17) is 0 Å². The molecule has 0 aliphatic rings. The zero-order chi connectivity index (χ0) is 8.15. The number of carbonyl (C=O) groups is 1. The average molecular weight is 149 g/mol. The molecule has 0 rings (SSSR count). The van der Waals surface area contributed by atoms with Crippen LogP contribution in [0.2, 0.25) is 0 Å². The number of hydrogen-bond acceptors (Lipinski definition) is 2. The molecular weight excluding hydrogens is 142 g/mol. The molecule has 0 atom stereocenters. The van der Waals surface area contributed by atoms with Crippen molar-refractivity contribution >= 4 is 5.97 Å². The lowest BCUT2D eigenvalue weighted by Crippen LogP contribution is -2.24. The van der Waals surface area contributed by atoms with Gasteiger partial charge < -0.3 is 9.90 Å². The Hall–Kier alpha value is -0.930. The third-order valence-electron chi connectivity index (χ3n) is 1.16. The molecule has 0 radical (unpaired) electrons. The molecule has 58 valence electrons. The molecule has 0 heterocycles. The topological polar surface area (TPSA) is 40.1 Å². The zero-order valence-corrected chi connectivity index (χ0v) is 5.49. The van der Waals surface area contributed by atoms with Gasteiger partial charge in [0.25, 0.3) is 0 Å². The van der Waals surface area contributed by atoms with Crippen molar-refractivity contribution in [1.82, 2.24) is 0 Å². The van der Waals surface area contributed by atoms with Crippen molar-refractivity contribution in [2.75, 3.05) is 13.3 Å². The SMILES string of the molecule is CC(C(=O)[O-])=C(CF)CF. The Morgan fingerprint density at radius 1 is 1.40 bits per heavy atom. The lowest BCUT2D eigenvalue weighted by atomic mass is 10.2. The van der Waals surface area contributed by atoms with Gasteiger partial charge in [-0.15, -0.1) is 0 Å². The lowest BCUT2D eigenvalue weighted by molar-refractivity contribution is -0.299. The maximum atomic E-state index is 11.7. The van der Waals surface area contributed by atoms with Gasteiger partial charge in [0.2, 0.25) is 0 Å². The minimum atomic E-state index is -1.52. The maximum Gasteiger partial charge on any atom is 0.114 e. The Morgan fingerprint density at radius 2 is 1.80 bits per heavy atom. The molecule has 10 heavy (non-hydrogen) atoms. The number of carboxylic acid groups (broad SMARTS) is 1. The number of hydrogen-bond donors (Lipinski definition) is 0. The van der Waals surface area contributed by atoms with Gasteiger partial charge in [-0.05, 0) is 18.1 Å². The summed E-state index contributed by atoms with van der Waals surface area (Å²) in [7, 11) is 0. The van der Waals surface area contributed by atoms with E-state index in [2.05, 4.69) is 0 Å². The molecule has 0 aromatic rings. The zero-order valence-electron chi connectivity index (χ0n) is 5.49. The summed E-state index contributed by atoms with van der Waals surface area (Å²) in [4.78, 5) is 9.96. The van der Waals surface area contributed by atoms with Crippen LogP contribution >= 0.6 is 0 Å². The van der Waals surface area contributed by atoms with Crippen molar-refractivity contribution in [3.63, 3.8) is 0 Å². The largest absolute Gasteiger partial charge is 0.545 e. The van der Waals surface area contributed by atoms with E-state index < -0.39 is 19.3 Å². The highest BCUT2D eigenvalue weighted by molar-refractivity contribution is 5.84. The Labute approximate surface area is 57.2 Å². The van der Waals surface area contributed by atoms with Gasteiger partial charge in [-0.2, -0.15) is 0 Å². The fraction of sp³-hybridized carbons (Fsp3) is 0.500. The molecule has 0 aromatic heterocycles. The number of halogens is 2. The summed E-state index contributed by atoms with van der Waals surface area (Å²) >= 11 is 0. The van der Waals surface area contributed by atoms with Crippen LogP contribution < -0.4 is 5.11 Å². The van der Waals surface area contributed by atoms with Crippen molar-refractivity contribution in [1.29, 1.82) is 0 Å². The van der Waals surface area contributed by atoms with E-state index in [1.165, 1.54) is 0 Å². The van der Waals surface area contributed by atoms with E-state index in [1.807, 2.05) is 0 Å². The van der Waals surface area contributed by atoms with Crippen LogP contribution in [-0.2, 0) is 4.79 Å². The van der Waals surface area contributed by atoms with Gasteiger partial charge in [0, 0.05) is 0 Å². The van der Waals surface area contributed by atoms with E-state index in [9.17, 15) is 18.7 Å². The molecule has 0 aromatic carbocycles. The quantitative estimate of drug-likeness (QED) is 0.529. The molecule has 2 nitrogen and oxygen atoms in total. The molecule has 0 spiro atoms. The minimum Gasteiger partial charge on any atom is -0.545 e. The maximum absolute atomic E-state index is 11.7. The van der Waals surface area contributed by atoms with E-state index in [0.717, 1.165) is 6.92 Å². The van der Waals surface area contributed by atoms with Crippen molar-refractivity contribution < 1.29 is 18.7 Å². The summed E-state index contributed by atoms with van der Waals surface area (Å²) in [6, 6.07) is 0. The second-order valence-electron chi connectivity index (χ2n) is 1.78. The predicted octanol–water partition coefficient (Wildman–Crippen LogP) is -0.00820. The number of carbonyl (C=O) groups excluding carboxylic acids is 1. The molecule has 0 bridgehead atoms. The van der Waals surface area contributed by atoms with Gasteiger partial charge in [0.1, 0.15) is 13.3 Å². The molecule has 0 unspecified atom stereocenters. The Balaban J connectivity index is 4.43. The van der Waals surface area contributed by atoms with E-state index in [-0.39, 0.29) is 11.1 Å². The highest BCUT2D eigenvalue weighted by atomic mass is 19.1. The number of allylic oxidation sites excluding steroid dienone is 1. The van der Waals surface area contributed by atoms with Crippen LogP contribution in [-0.4, -0.2) is 19.3 Å². The molecule has 4 heteroatoms. The highest BCUT2D eigenvalue weighted by Gasteiger charge is 2.01. The van der Waals surface area contributed by atoms with Crippen molar-refractivity contribution in [2.24, 2.45) is 0 Å². The molecule has 0 amide bonds. The van der Waals surface area contributed by atoms with Gasteiger partial charge in [0.15, 0.2) is 0 Å². The van der Waals surface area contributed by atoms with Crippen LogP contribution in [0.4, 0.5) is 8.78 Å². The van der Waals surface area contributed by atoms with Gasteiger partial charge in [-0.3, -0.25) is 0 Å². The normalized spacial score (nSPS) is 9.10.